The Kier molecular flexibility index (Phi) is 9.14. The molecule has 1 N–H and O–H groups in total. The third-order valence-corrected chi connectivity index (χ3v) is 8.01. The molecule has 214 valence electrons. The highest BCUT2D eigenvalue weighted by molar-refractivity contribution is 6.03. The van der Waals surface area contributed by atoms with E-state index in [2.05, 4.69) is 41.7 Å². The van der Waals surface area contributed by atoms with E-state index in [-0.39, 0.29) is 35.5 Å². The molecule has 2 heterocycles. The fourth-order valence-electron chi connectivity index (χ4n) is 5.77. The van der Waals surface area contributed by atoms with Gasteiger partial charge in [-0.15, -0.1) is 0 Å². The summed E-state index contributed by atoms with van der Waals surface area (Å²) in [5.74, 6) is -0.0240. The molecule has 2 aliphatic heterocycles. The number of nitrogens with one attached hydrogen (secondary N) is 1. The van der Waals surface area contributed by atoms with Gasteiger partial charge in [0.25, 0.3) is 5.91 Å². The van der Waals surface area contributed by atoms with Gasteiger partial charge in [0, 0.05) is 45.2 Å². The number of nitrogens with zero attached hydrogens (tertiary/aromatic N) is 2. The fraction of sp³-hybridized carbons (Fsp3) is 0.353. The van der Waals surface area contributed by atoms with E-state index in [0.717, 1.165) is 41.5 Å². The van der Waals surface area contributed by atoms with E-state index in [4.69, 9.17) is 4.74 Å². The molecule has 0 radical (unpaired) electrons. The van der Waals surface area contributed by atoms with Gasteiger partial charge in [0.15, 0.2) is 11.6 Å². The Hall–Kier alpha value is -3.97. The number of hydrogen-bond donors (Lipinski definition) is 1. The molecule has 0 aliphatic carbocycles. The number of carbonyl (C=O) groups is 2. The molecule has 2 amide bonds. The molecule has 2 aliphatic rings. The lowest BCUT2D eigenvalue weighted by Crippen LogP contribution is -2.61. The van der Waals surface area contributed by atoms with Crippen LogP contribution in [-0.4, -0.2) is 67.0 Å². The van der Waals surface area contributed by atoms with Crippen LogP contribution < -0.4 is 10.1 Å². The van der Waals surface area contributed by atoms with Crippen LogP contribution in [0.15, 0.2) is 84.4 Å². The number of hydrogen-bond acceptors (Lipinski definition) is 4. The van der Waals surface area contributed by atoms with Gasteiger partial charge in [-0.25, -0.2) is 4.39 Å². The average Bonchev–Trinajstić information content (AvgIpc) is 2.99. The topological polar surface area (TPSA) is 61.9 Å². The molecule has 7 heteroatoms. The number of aryl methyl sites for hydroxylation is 1. The maximum atomic E-state index is 13.9. The second-order valence-electron chi connectivity index (χ2n) is 11.0. The molecule has 3 aromatic rings. The molecule has 2 atom stereocenters. The molecule has 3 aromatic carbocycles. The lowest BCUT2D eigenvalue weighted by molar-refractivity contribution is -0.132. The predicted octanol–water partition coefficient (Wildman–Crippen LogP) is 4.88. The maximum absolute atomic E-state index is 13.9. The van der Waals surface area contributed by atoms with Gasteiger partial charge in [0.1, 0.15) is 0 Å². The number of benzene rings is 3. The van der Waals surface area contributed by atoms with E-state index in [1.165, 1.54) is 11.6 Å². The van der Waals surface area contributed by atoms with Gasteiger partial charge in [-0.05, 0) is 60.1 Å². The van der Waals surface area contributed by atoms with Crippen LogP contribution in [0.1, 0.15) is 36.5 Å². The van der Waals surface area contributed by atoms with Crippen LogP contribution in [0.2, 0.25) is 0 Å². The van der Waals surface area contributed by atoms with Crippen molar-refractivity contribution in [2.75, 3.05) is 33.3 Å². The average molecular weight is 556 g/mol. The number of fused-ring (bicyclic) bond motifs is 2. The molecule has 6 nitrogen and oxygen atoms in total. The number of rotatable bonds is 10. The van der Waals surface area contributed by atoms with E-state index >= 15 is 0 Å². The second kappa shape index (κ2) is 13.1. The maximum Gasteiger partial charge on any atom is 0.251 e. The zero-order valence-electron chi connectivity index (χ0n) is 23.8. The Labute approximate surface area is 241 Å². The molecule has 0 unspecified atom stereocenters. The van der Waals surface area contributed by atoms with Crippen molar-refractivity contribution in [1.29, 1.82) is 0 Å². The van der Waals surface area contributed by atoms with E-state index in [1.54, 1.807) is 30.0 Å². The van der Waals surface area contributed by atoms with Gasteiger partial charge in [-0.3, -0.25) is 9.59 Å². The first-order valence-electron chi connectivity index (χ1n) is 14.4. The van der Waals surface area contributed by atoms with Gasteiger partial charge in [0.2, 0.25) is 5.91 Å². The first-order valence-corrected chi connectivity index (χ1v) is 14.4. The molecule has 0 saturated carbocycles. The Morgan fingerprint density at radius 3 is 2.39 bits per heavy atom. The van der Waals surface area contributed by atoms with Crippen molar-refractivity contribution in [1.82, 2.24) is 15.1 Å². The van der Waals surface area contributed by atoms with Crippen molar-refractivity contribution in [2.45, 2.75) is 44.7 Å². The number of ether oxygens (including phenoxy) is 1. The number of halogens is 1. The lowest BCUT2D eigenvalue weighted by Gasteiger charge is -2.44. The molecular formula is C34H38FN3O3. The monoisotopic (exact) mass is 555 g/mol. The van der Waals surface area contributed by atoms with Crippen molar-refractivity contribution in [3.05, 3.63) is 107 Å². The minimum atomic E-state index is -0.348. The van der Waals surface area contributed by atoms with Crippen LogP contribution in [-0.2, 0) is 22.4 Å². The quantitative estimate of drug-likeness (QED) is 0.362. The molecular weight excluding hydrogens is 517 g/mol. The molecule has 41 heavy (non-hydrogen) atoms. The summed E-state index contributed by atoms with van der Waals surface area (Å²) >= 11 is 0. The normalized spacial score (nSPS) is 18.3. The van der Waals surface area contributed by atoms with Crippen LogP contribution >= 0.6 is 0 Å². The number of amides is 2. The highest BCUT2D eigenvalue weighted by Gasteiger charge is 2.39. The summed E-state index contributed by atoms with van der Waals surface area (Å²) in [6, 6.07) is 24.9. The van der Waals surface area contributed by atoms with Crippen molar-refractivity contribution >= 4 is 17.4 Å². The van der Waals surface area contributed by atoms with Gasteiger partial charge in [-0.1, -0.05) is 66.7 Å². The van der Waals surface area contributed by atoms with Crippen LogP contribution in [0.3, 0.4) is 0 Å². The Bertz CT molecular complexity index is 1390. The summed E-state index contributed by atoms with van der Waals surface area (Å²) in [7, 11) is 1.86. The minimum absolute atomic E-state index is 0.00616. The summed E-state index contributed by atoms with van der Waals surface area (Å²) in [6.45, 7) is 3.77. The molecule has 1 fully saturated rings. The number of piperazine rings is 1. The Balaban J connectivity index is 1.31. The molecule has 2 bridgehead atoms. The van der Waals surface area contributed by atoms with E-state index in [0.29, 0.717) is 32.7 Å². The Morgan fingerprint density at radius 1 is 0.951 bits per heavy atom. The molecule has 1 saturated heterocycles. The van der Waals surface area contributed by atoms with Crippen LogP contribution in [0.25, 0.3) is 5.57 Å². The highest BCUT2D eigenvalue weighted by Crippen LogP contribution is 2.34. The van der Waals surface area contributed by atoms with E-state index in [1.807, 2.05) is 30.1 Å². The van der Waals surface area contributed by atoms with Crippen LogP contribution in [0.5, 0.6) is 5.75 Å². The summed E-state index contributed by atoms with van der Waals surface area (Å²) in [5.41, 5.74) is 5.22. The Morgan fingerprint density at radius 2 is 1.66 bits per heavy atom. The molecule has 5 rings (SSSR count). The first-order chi connectivity index (χ1) is 19.9. The molecule has 0 spiro atoms. The van der Waals surface area contributed by atoms with Gasteiger partial charge >= 0.3 is 0 Å². The third-order valence-electron chi connectivity index (χ3n) is 8.01. The lowest BCUT2D eigenvalue weighted by atomic mass is 9.82. The zero-order chi connectivity index (χ0) is 28.8. The van der Waals surface area contributed by atoms with Crippen LogP contribution in [0, 0.1) is 5.82 Å². The number of para-hydroxylation sites is 1. The summed E-state index contributed by atoms with van der Waals surface area (Å²) in [5, 5.41) is 3.62. The first kappa shape index (κ1) is 28.6. The number of likely N-dealkylation sites (N-methyl/N-ethyl adjacent to an activating group) is 1. The molecule has 0 aromatic heterocycles. The summed E-state index contributed by atoms with van der Waals surface area (Å²) in [6.07, 6.45) is 3.04. The minimum Gasteiger partial charge on any atom is -0.491 e. The van der Waals surface area contributed by atoms with Crippen LogP contribution in [0.4, 0.5) is 4.39 Å². The fourth-order valence-corrected chi connectivity index (χ4v) is 5.77. The zero-order valence-corrected chi connectivity index (χ0v) is 23.8. The van der Waals surface area contributed by atoms with Crippen molar-refractivity contribution in [3.63, 3.8) is 0 Å². The predicted molar refractivity (Wildman–Crippen MR) is 159 cm³/mol. The third kappa shape index (κ3) is 7.03. The standard InChI is InChI=1S/C34H38FN3O3/c1-24(39)38-22-28-21-29(27-16-14-26(15-17-27)11-8-20-41-32-13-7-6-12-30(32)35)33(31(23-38)36-28)34(40)37(2)19-18-25-9-4-3-5-10-25/h3-7,9-10,12-17,28,31,36H,8,11,18-23H2,1-2H3/t28-,31-/m1/s1. The summed E-state index contributed by atoms with van der Waals surface area (Å²) in [4.78, 5) is 29.9. The van der Waals surface area contributed by atoms with Gasteiger partial charge < -0.3 is 19.9 Å². The summed E-state index contributed by atoms with van der Waals surface area (Å²) < 4.78 is 19.4. The van der Waals surface area contributed by atoms with Crippen molar-refractivity contribution in [2.24, 2.45) is 0 Å². The van der Waals surface area contributed by atoms with E-state index in [9.17, 15) is 14.0 Å². The number of carbonyl (C=O) groups excluding carboxylic acids is 2. The smallest absolute Gasteiger partial charge is 0.251 e. The van der Waals surface area contributed by atoms with Crippen molar-refractivity contribution in [3.8, 4) is 5.75 Å². The second-order valence-corrected chi connectivity index (χ2v) is 11.0. The van der Waals surface area contributed by atoms with E-state index < -0.39 is 0 Å². The largest absolute Gasteiger partial charge is 0.491 e. The van der Waals surface area contributed by atoms with Gasteiger partial charge in [0.05, 0.1) is 12.6 Å². The highest BCUT2D eigenvalue weighted by atomic mass is 19.1. The van der Waals surface area contributed by atoms with Gasteiger partial charge in [-0.2, -0.15) is 0 Å². The van der Waals surface area contributed by atoms with Crippen molar-refractivity contribution < 1.29 is 18.7 Å². The SMILES string of the molecule is CC(=O)N1C[C@H]2CC(c3ccc(CCCOc4ccccc4F)cc3)=C(C(=O)N(C)CCc3ccccc3)[C@@H](C1)N2.